The molecule has 0 spiro atoms. The number of carbonyl (C=O) groups excluding carboxylic acids is 1. The molecule has 0 unspecified atom stereocenters. The van der Waals surface area contributed by atoms with Crippen LogP contribution in [0.2, 0.25) is 5.02 Å². The number of carbonyl (C=O) groups is 1. The maximum absolute atomic E-state index is 13.6. The van der Waals surface area contributed by atoms with Gasteiger partial charge in [0.25, 0.3) is 5.91 Å². The lowest BCUT2D eigenvalue weighted by Gasteiger charge is -2.45. The molecule has 2 aliphatic rings. The molecule has 2 aromatic rings. The van der Waals surface area contributed by atoms with Crippen molar-refractivity contribution in [2.75, 3.05) is 11.9 Å². The van der Waals surface area contributed by atoms with Crippen LogP contribution in [0.5, 0.6) is 0 Å². The predicted molar refractivity (Wildman–Crippen MR) is 125 cm³/mol. The van der Waals surface area contributed by atoms with Crippen LogP contribution in [0.1, 0.15) is 36.5 Å². The normalized spacial score (nSPS) is 29.1. The van der Waals surface area contributed by atoms with Crippen molar-refractivity contribution >= 4 is 33.0 Å². The number of sulfone groups is 1. The zero-order chi connectivity index (χ0) is 25.7. The van der Waals surface area contributed by atoms with Crippen LogP contribution in [-0.2, 0) is 9.84 Å². The summed E-state index contributed by atoms with van der Waals surface area (Å²) >= 11 is 6.22. The standard InChI is InChI=1S/C24H26ClF2NO6S/c1-12-6-14-8-16(10-17(12)24(14,32)22(30)11-29)35(33,34)21-7-13(2-4-18(21)25)23(31)28-15-3-5-19(26)20(27)9-15/h2-5,7,9,12,14,16-17,22,29-30,32H,6,8,10-11H2,1H3,(H,28,31)/t12-,14+,16+,17+,22+,24+/m0/s1. The molecule has 2 saturated carbocycles. The number of aliphatic hydroxyl groups excluding tert-OH is 2. The van der Waals surface area contributed by atoms with Crippen molar-refractivity contribution in [1.82, 2.24) is 0 Å². The van der Waals surface area contributed by atoms with Gasteiger partial charge in [0.1, 0.15) is 6.10 Å². The molecule has 35 heavy (non-hydrogen) atoms. The van der Waals surface area contributed by atoms with Crippen molar-refractivity contribution in [2.24, 2.45) is 17.8 Å². The molecule has 2 bridgehead atoms. The number of halogens is 3. The van der Waals surface area contributed by atoms with Gasteiger partial charge in [0, 0.05) is 17.3 Å². The van der Waals surface area contributed by atoms with Crippen molar-refractivity contribution in [2.45, 2.75) is 48.0 Å². The Morgan fingerprint density at radius 3 is 2.51 bits per heavy atom. The lowest BCUT2D eigenvalue weighted by atomic mass is 9.70. The Balaban J connectivity index is 1.61. The average Bonchev–Trinajstić information content (AvgIpc) is 2.94. The van der Waals surface area contributed by atoms with E-state index in [-0.39, 0.29) is 39.9 Å². The van der Waals surface area contributed by atoms with Crippen LogP contribution >= 0.6 is 11.6 Å². The molecule has 2 aliphatic carbocycles. The number of benzene rings is 2. The van der Waals surface area contributed by atoms with Crippen LogP contribution in [0.3, 0.4) is 0 Å². The van der Waals surface area contributed by atoms with E-state index in [4.69, 9.17) is 11.6 Å². The molecule has 1 amide bonds. The zero-order valence-electron chi connectivity index (χ0n) is 18.8. The first-order valence-electron chi connectivity index (χ1n) is 11.2. The third-order valence-electron chi connectivity index (χ3n) is 7.48. The maximum atomic E-state index is 13.6. The second-order valence-electron chi connectivity index (χ2n) is 9.47. The Labute approximate surface area is 206 Å². The predicted octanol–water partition coefficient (Wildman–Crippen LogP) is 3.16. The summed E-state index contributed by atoms with van der Waals surface area (Å²) in [4.78, 5) is 12.4. The van der Waals surface area contributed by atoms with Gasteiger partial charge in [-0.3, -0.25) is 4.79 Å². The Hall–Kier alpha value is -2.11. The highest BCUT2D eigenvalue weighted by atomic mass is 35.5. The molecule has 2 aromatic carbocycles. The van der Waals surface area contributed by atoms with Gasteiger partial charge in [-0.05, 0) is 67.3 Å². The summed E-state index contributed by atoms with van der Waals surface area (Å²) in [5.74, 6) is -4.08. The number of anilines is 1. The van der Waals surface area contributed by atoms with Gasteiger partial charge in [0.15, 0.2) is 21.5 Å². The van der Waals surface area contributed by atoms with Crippen LogP contribution in [0.15, 0.2) is 41.3 Å². The molecule has 0 aromatic heterocycles. The molecule has 0 heterocycles. The molecule has 6 atom stereocenters. The number of amides is 1. The molecule has 0 saturated heterocycles. The van der Waals surface area contributed by atoms with Crippen molar-refractivity contribution in [3.05, 3.63) is 58.6 Å². The van der Waals surface area contributed by atoms with Crippen LogP contribution in [0.25, 0.3) is 0 Å². The van der Waals surface area contributed by atoms with E-state index in [1.54, 1.807) is 0 Å². The van der Waals surface area contributed by atoms with Gasteiger partial charge < -0.3 is 20.6 Å². The first kappa shape index (κ1) is 26.0. The fourth-order valence-electron chi connectivity index (χ4n) is 5.70. The molecular formula is C24H26ClF2NO6S. The lowest BCUT2D eigenvalue weighted by Crippen LogP contribution is -2.57. The Bertz CT molecular complexity index is 1260. The number of nitrogens with one attached hydrogen (secondary N) is 1. The summed E-state index contributed by atoms with van der Waals surface area (Å²) in [6, 6.07) is 6.57. The molecule has 4 rings (SSSR count). The monoisotopic (exact) mass is 529 g/mol. The van der Waals surface area contributed by atoms with Gasteiger partial charge in [-0.2, -0.15) is 0 Å². The van der Waals surface area contributed by atoms with Crippen molar-refractivity contribution in [3.8, 4) is 0 Å². The zero-order valence-corrected chi connectivity index (χ0v) is 20.4. The number of hydrogen-bond acceptors (Lipinski definition) is 6. The topological polar surface area (TPSA) is 124 Å². The SMILES string of the molecule is C[C@H]1C[C@@H]2C[C@@H](S(=O)(=O)c3cc(C(=O)Nc4ccc(F)c(F)c4)ccc3Cl)C[C@H]1[C@@]2(O)[C@H](O)CO. The Morgan fingerprint density at radius 2 is 1.89 bits per heavy atom. The largest absolute Gasteiger partial charge is 0.394 e. The van der Waals surface area contributed by atoms with Gasteiger partial charge in [-0.25, -0.2) is 17.2 Å². The highest BCUT2D eigenvalue weighted by Gasteiger charge is 2.61. The summed E-state index contributed by atoms with van der Waals surface area (Å²) in [5, 5.41) is 32.3. The summed E-state index contributed by atoms with van der Waals surface area (Å²) in [6.07, 6.45) is -0.736. The van der Waals surface area contributed by atoms with E-state index in [1.807, 2.05) is 6.92 Å². The van der Waals surface area contributed by atoms with Gasteiger partial charge >= 0.3 is 0 Å². The lowest BCUT2D eigenvalue weighted by molar-refractivity contribution is -0.157. The summed E-state index contributed by atoms with van der Waals surface area (Å²) in [6.45, 7) is 1.25. The fourth-order valence-corrected chi connectivity index (χ4v) is 8.08. The minimum Gasteiger partial charge on any atom is -0.394 e. The van der Waals surface area contributed by atoms with Crippen LogP contribution in [-0.4, -0.2) is 53.2 Å². The Morgan fingerprint density at radius 1 is 1.17 bits per heavy atom. The van der Waals surface area contributed by atoms with Crippen molar-refractivity contribution in [3.63, 3.8) is 0 Å². The summed E-state index contributed by atoms with van der Waals surface area (Å²) < 4.78 is 53.8. The van der Waals surface area contributed by atoms with E-state index in [0.717, 1.165) is 18.2 Å². The van der Waals surface area contributed by atoms with E-state index in [0.29, 0.717) is 6.42 Å². The number of fused-ring (bicyclic) bond motifs is 2. The maximum Gasteiger partial charge on any atom is 0.255 e. The van der Waals surface area contributed by atoms with Crippen molar-refractivity contribution in [1.29, 1.82) is 0 Å². The fraction of sp³-hybridized carbons (Fsp3) is 0.458. The second kappa shape index (κ2) is 9.40. The van der Waals surface area contributed by atoms with Gasteiger partial charge in [0.05, 0.1) is 27.4 Å². The molecule has 0 radical (unpaired) electrons. The smallest absolute Gasteiger partial charge is 0.255 e. The van der Waals surface area contributed by atoms with E-state index in [9.17, 15) is 37.3 Å². The molecule has 190 valence electrons. The third-order valence-corrected chi connectivity index (χ3v) is 10.1. The first-order chi connectivity index (χ1) is 16.4. The van der Waals surface area contributed by atoms with Crippen LogP contribution in [0, 0.1) is 29.4 Å². The third kappa shape index (κ3) is 4.46. The molecule has 11 heteroatoms. The quantitative estimate of drug-likeness (QED) is 0.456. The minimum atomic E-state index is -4.04. The van der Waals surface area contributed by atoms with Gasteiger partial charge in [0.2, 0.25) is 0 Å². The molecule has 2 fully saturated rings. The Kier molecular flexibility index (Phi) is 6.98. The van der Waals surface area contributed by atoms with Crippen LogP contribution in [0.4, 0.5) is 14.5 Å². The van der Waals surface area contributed by atoms with Gasteiger partial charge in [-0.15, -0.1) is 0 Å². The molecular weight excluding hydrogens is 504 g/mol. The highest BCUT2D eigenvalue weighted by molar-refractivity contribution is 7.92. The number of aliphatic hydroxyl groups is 3. The van der Waals surface area contributed by atoms with E-state index >= 15 is 0 Å². The molecule has 4 N–H and O–H groups in total. The first-order valence-corrected chi connectivity index (χ1v) is 13.1. The highest BCUT2D eigenvalue weighted by Crippen LogP contribution is 2.56. The summed E-state index contributed by atoms with van der Waals surface area (Å²) in [5.41, 5.74) is -1.62. The molecule has 0 aliphatic heterocycles. The summed E-state index contributed by atoms with van der Waals surface area (Å²) in [7, 11) is -4.04. The number of hydrogen-bond donors (Lipinski definition) is 4. The average molecular weight is 530 g/mol. The van der Waals surface area contributed by atoms with E-state index in [2.05, 4.69) is 5.32 Å². The van der Waals surface area contributed by atoms with E-state index < -0.39 is 62.8 Å². The minimum absolute atomic E-state index is 0.00664. The molecule has 7 nitrogen and oxygen atoms in total. The van der Waals surface area contributed by atoms with Crippen molar-refractivity contribution < 1.29 is 37.3 Å². The number of rotatable bonds is 6. The second-order valence-corrected chi connectivity index (χ2v) is 12.1. The van der Waals surface area contributed by atoms with E-state index in [1.165, 1.54) is 18.2 Å². The van der Waals surface area contributed by atoms with Gasteiger partial charge in [-0.1, -0.05) is 18.5 Å². The van der Waals surface area contributed by atoms with Crippen LogP contribution < -0.4 is 5.32 Å².